The quantitative estimate of drug-likeness (QED) is 0.485. The van der Waals surface area contributed by atoms with Gasteiger partial charge >= 0.3 is 0 Å². The highest BCUT2D eigenvalue weighted by molar-refractivity contribution is 6.33. The van der Waals surface area contributed by atoms with Crippen molar-refractivity contribution in [2.45, 2.75) is 38.0 Å². The minimum Gasteiger partial charge on any atom is -0.489 e. The van der Waals surface area contributed by atoms with E-state index < -0.39 is 11.9 Å². The molecule has 0 saturated carbocycles. The molecule has 5 rings (SSSR count). The number of piperidine rings is 1. The van der Waals surface area contributed by atoms with Gasteiger partial charge in [0.2, 0.25) is 11.8 Å². The Bertz CT molecular complexity index is 1170. The lowest BCUT2D eigenvalue weighted by Gasteiger charge is -2.33. The summed E-state index contributed by atoms with van der Waals surface area (Å²) in [5.74, 6) is -0.667. The predicted molar refractivity (Wildman–Crippen MR) is 130 cm³/mol. The molecule has 3 aliphatic heterocycles. The van der Waals surface area contributed by atoms with Crippen LogP contribution in [0.1, 0.15) is 45.8 Å². The Morgan fingerprint density at radius 1 is 1.14 bits per heavy atom. The van der Waals surface area contributed by atoms with Crippen LogP contribution < -0.4 is 15.5 Å². The highest BCUT2D eigenvalue weighted by Crippen LogP contribution is 2.34. The van der Waals surface area contributed by atoms with E-state index in [0.29, 0.717) is 36.4 Å². The second-order valence-corrected chi connectivity index (χ2v) is 9.02. The number of imide groups is 1. The van der Waals surface area contributed by atoms with E-state index >= 15 is 0 Å². The van der Waals surface area contributed by atoms with Gasteiger partial charge in [-0.2, -0.15) is 0 Å². The molecule has 0 aromatic heterocycles. The third-order valence-electron chi connectivity index (χ3n) is 6.87. The van der Waals surface area contributed by atoms with E-state index in [1.54, 1.807) is 18.2 Å². The zero-order valence-corrected chi connectivity index (χ0v) is 19.4. The Hall–Kier alpha value is -3.10. The summed E-state index contributed by atoms with van der Waals surface area (Å²) in [6, 6.07) is 10.4. The maximum absolute atomic E-state index is 13.0. The minimum absolute atomic E-state index is 0.213. The Kier molecular flexibility index (Phi) is 6.67. The van der Waals surface area contributed by atoms with Gasteiger partial charge in [-0.05, 0) is 35.6 Å². The molecule has 10 heteroatoms. The molecule has 0 aliphatic carbocycles. The summed E-state index contributed by atoms with van der Waals surface area (Å²) in [5, 5.41) is 2.32. The van der Waals surface area contributed by atoms with Crippen LogP contribution in [0, 0.1) is 0 Å². The zero-order chi connectivity index (χ0) is 24.5. The van der Waals surface area contributed by atoms with Crippen LogP contribution in [0.2, 0.25) is 0 Å². The van der Waals surface area contributed by atoms with Gasteiger partial charge in [0.05, 0.1) is 27.6 Å². The van der Waals surface area contributed by atoms with Crippen LogP contribution in [0.5, 0.6) is 5.75 Å². The molecule has 176 valence electrons. The van der Waals surface area contributed by atoms with Gasteiger partial charge in [-0.1, -0.05) is 29.7 Å². The first-order valence-electron chi connectivity index (χ1n) is 11.8. The maximum Gasteiger partial charge on any atom is 0.255 e. The number of nitrogens with one attached hydrogen (secondary N) is 1. The first-order valence-corrected chi connectivity index (χ1v) is 11.8. The zero-order valence-electron chi connectivity index (χ0n) is 19.4. The third-order valence-corrected chi connectivity index (χ3v) is 6.87. The molecule has 3 aliphatic rings. The van der Waals surface area contributed by atoms with Gasteiger partial charge in [-0.25, -0.2) is 0 Å². The molecule has 2 unspecified atom stereocenters. The van der Waals surface area contributed by atoms with E-state index in [4.69, 9.17) is 25.2 Å². The summed E-state index contributed by atoms with van der Waals surface area (Å²) in [4.78, 5) is 40.5. The van der Waals surface area contributed by atoms with E-state index in [1.807, 2.05) is 18.2 Å². The van der Waals surface area contributed by atoms with Crippen molar-refractivity contribution < 1.29 is 23.9 Å². The van der Waals surface area contributed by atoms with Crippen LogP contribution in [0.25, 0.3) is 0 Å². The number of hydrogen-bond donors (Lipinski definition) is 1. The van der Waals surface area contributed by atoms with Gasteiger partial charge < -0.3 is 19.3 Å². The summed E-state index contributed by atoms with van der Waals surface area (Å²) in [7, 11) is 12.7. The molecule has 35 heavy (non-hydrogen) atoms. The first kappa shape index (κ1) is 23.6. The largest absolute Gasteiger partial charge is 0.489 e. The topological polar surface area (TPSA) is 88.2 Å². The molecule has 0 bridgehead atoms. The van der Waals surface area contributed by atoms with Gasteiger partial charge in [0, 0.05) is 30.6 Å². The number of ether oxygens (including phenoxy) is 2. The van der Waals surface area contributed by atoms with Crippen molar-refractivity contribution in [1.29, 1.82) is 0 Å². The van der Waals surface area contributed by atoms with Gasteiger partial charge in [0.15, 0.2) is 0 Å². The Morgan fingerprint density at radius 3 is 2.69 bits per heavy atom. The first-order chi connectivity index (χ1) is 16.9. The normalized spacial score (nSPS) is 21.5. The van der Waals surface area contributed by atoms with Gasteiger partial charge in [0.1, 0.15) is 26.2 Å². The Balaban J connectivity index is 1.28. The molecular formula is C25H25B2N3O5. The van der Waals surface area contributed by atoms with Crippen molar-refractivity contribution >= 4 is 38.9 Å². The van der Waals surface area contributed by atoms with Crippen LogP contribution in [-0.2, 0) is 27.5 Å². The van der Waals surface area contributed by atoms with Crippen LogP contribution in [0.3, 0.4) is 0 Å². The Morgan fingerprint density at radius 2 is 1.94 bits per heavy atom. The molecule has 2 atom stereocenters. The molecule has 2 saturated heterocycles. The van der Waals surface area contributed by atoms with Crippen LogP contribution in [0.4, 0.5) is 0 Å². The minimum atomic E-state index is -0.667. The third kappa shape index (κ3) is 4.73. The van der Waals surface area contributed by atoms with Gasteiger partial charge in [-0.15, -0.1) is 0 Å². The number of hydrogen-bond acceptors (Lipinski definition) is 6. The van der Waals surface area contributed by atoms with Crippen molar-refractivity contribution in [2.75, 3.05) is 26.3 Å². The van der Waals surface area contributed by atoms with Crippen LogP contribution >= 0.6 is 0 Å². The SMILES string of the molecule is [B]c1cc(C([B])N2CCOCC2)ccc1COc1cccc2c1CN(C1CCC(=O)NC1=O)C2=O. The van der Waals surface area contributed by atoms with Crippen LogP contribution in [-0.4, -0.2) is 75.6 Å². The highest BCUT2D eigenvalue weighted by Gasteiger charge is 2.40. The molecule has 0 spiro atoms. The molecule has 1 N–H and O–H groups in total. The lowest BCUT2D eigenvalue weighted by Crippen LogP contribution is -2.52. The highest BCUT2D eigenvalue weighted by atomic mass is 16.5. The molecule has 2 aromatic carbocycles. The maximum atomic E-state index is 13.0. The number of nitrogens with zero attached hydrogens (tertiary/aromatic N) is 2. The molecule has 4 radical (unpaired) electrons. The number of rotatable bonds is 6. The summed E-state index contributed by atoms with van der Waals surface area (Å²) in [6.07, 6.45) is 0.528. The number of morpholine rings is 1. The fourth-order valence-corrected chi connectivity index (χ4v) is 4.84. The standard InChI is InChI=1S/C25H25B2N3O5/c26-19-12-15(23(27)29-8-10-34-11-9-29)4-5-16(19)14-35-21-3-1-2-17-18(21)13-30(25(17)33)20-6-7-22(31)28-24(20)32/h1-5,12,20,23H,6-11,13-14H2,(H,28,31,32). The second-order valence-electron chi connectivity index (χ2n) is 9.02. The fourth-order valence-electron chi connectivity index (χ4n) is 4.84. The van der Waals surface area contributed by atoms with E-state index in [-0.39, 0.29) is 37.3 Å². The van der Waals surface area contributed by atoms with Crippen molar-refractivity contribution in [3.8, 4) is 5.75 Å². The molecule has 3 heterocycles. The van der Waals surface area contributed by atoms with E-state index in [1.165, 1.54) is 4.90 Å². The number of fused-ring (bicyclic) bond motifs is 1. The molecule has 8 nitrogen and oxygen atoms in total. The summed E-state index contributed by atoms with van der Waals surface area (Å²) in [6.45, 7) is 3.36. The molecule has 3 amide bonds. The van der Waals surface area contributed by atoms with Crippen LogP contribution in [0.15, 0.2) is 36.4 Å². The molecule has 2 fully saturated rings. The lowest BCUT2D eigenvalue weighted by molar-refractivity contribution is -0.136. The molecular weight excluding hydrogens is 444 g/mol. The van der Waals surface area contributed by atoms with Crippen molar-refractivity contribution in [2.24, 2.45) is 0 Å². The average molecular weight is 469 g/mol. The lowest BCUT2D eigenvalue weighted by atomic mass is 9.81. The predicted octanol–water partition coefficient (Wildman–Crippen LogP) is 0.320. The average Bonchev–Trinajstić information content (AvgIpc) is 3.20. The van der Waals surface area contributed by atoms with Crippen molar-refractivity contribution in [3.63, 3.8) is 0 Å². The summed E-state index contributed by atoms with van der Waals surface area (Å²) >= 11 is 0. The van der Waals surface area contributed by atoms with Crippen molar-refractivity contribution in [3.05, 3.63) is 58.7 Å². The summed E-state index contributed by atoms with van der Waals surface area (Å²) < 4.78 is 11.5. The van der Waals surface area contributed by atoms with E-state index in [2.05, 4.69) is 10.2 Å². The van der Waals surface area contributed by atoms with E-state index in [9.17, 15) is 14.4 Å². The fraction of sp³-hybridized carbons (Fsp3) is 0.400. The van der Waals surface area contributed by atoms with Gasteiger partial charge in [-0.3, -0.25) is 19.7 Å². The van der Waals surface area contributed by atoms with Gasteiger partial charge in [0.25, 0.3) is 5.91 Å². The monoisotopic (exact) mass is 469 g/mol. The number of carbonyl (C=O) groups excluding carboxylic acids is 3. The summed E-state index contributed by atoms with van der Waals surface area (Å²) in [5.41, 5.74) is 3.56. The van der Waals surface area contributed by atoms with Crippen molar-refractivity contribution in [1.82, 2.24) is 15.1 Å². The number of amides is 3. The smallest absolute Gasteiger partial charge is 0.255 e. The number of benzene rings is 2. The number of carbonyl (C=O) groups is 3. The van der Waals surface area contributed by atoms with E-state index in [0.717, 1.165) is 29.8 Å². The second kappa shape index (κ2) is 9.87. The Labute approximate surface area is 206 Å². The molecule has 2 aromatic rings.